The van der Waals surface area contributed by atoms with Crippen molar-refractivity contribution in [2.45, 2.75) is 0 Å². The molecule has 2 rings (SSSR count). The van der Waals surface area contributed by atoms with Crippen molar-refractivity contribution in [1.29, 1.82) is 0 Å². The molecule has 2 aromatic rings. The van der Waals surface area contributed by atoms with Crippen LogP contribution in [0.5, 0.6) is 0 Å². The van der Waals surface area contributed by atoms with Crippen LogP contribution in [-0.4, -0.2) is 12.1 Å². The summed E-state index contributed by atoms with van der Waals surface area (Å²) in [4.78, 5) is 22.2. The van der Waals surface area contributed by atoms with Crippen LogP contribution < -0.4 is 0 Å². The number of hydrogen-bond donors (Lipinski definition) is 0. The van der Waals surface area contributed by atoms with Gasteiger partial charge in [-0.05, 0) is 30.2 Å². The van der Waals surface area contributed by atoms with Crippen LogP contribution in [0, 0.1) is 11.8 Å². The Balaban J connectivity index is 2.25. The van der Waals surface area contributed by atoms with Gasteiger partial charge in [0.2, 0.25) is 0 Å². The summed E-state index contributed by atoms with van der Waals surface area (Å²) in [7, 11) is 0. The van der Waals surface area contributed by atoms with E-state index in [1.807, 2.05) is 18.2 Å². The first-order valence-electron chi connectivity index (χ1n) is 5.46. The van der Waals surface area contributed by atoms with E-state index in [0.29, 0.717) is 23.0 Å². The van der Waals surface area contributed by atoms with E-state index >= 15 is 0 Å². The molecular formula is C16H10O2. The highest BCUT2D eigenvalue weighted by Crippen LogP contribution is 2.10. The molecular weight excluding hydrogens is 224 g/mol. The molecule has 0 fully saturated rings. The second-order valence-corrected chi connectivity index (χ2v) is 3.66. The average Bonchev–Trinajstić information content (AvgIpc) is 2.46. The fraction of sp³-hybridized carbons (Fsp3) is 0. The first-order valence-corrected chi connectivity index (χ1v) is 5.46. The van der Waals surface area contributed by atoms with Gasteiger partial charge in [0.25, 0.3) is 0 Å². The topological polar surface area (TPSA) is 34.1 Å². The van der Waals surface area contributed by atoms with Gasteiger partial charge in [-0.2, -0.15) is 0 Å². The molecule has 2 aromatic carbocycles. The van der Waals surface area contributed by atoms with E-state index < -0.39 is 0 Å². The third kappa shape index (κ3) is 2.72. The van der Waals surface area contributed by atoms with Crippen LogP contribution in [0.25, 0.3) is 0 Å². The number of benzene rings is 2. The van der Waals surface area contributed by atoms with Crippen molar-refractivity contribution in [3.05, 3.63) is 71.3 Å². The second-order valence-electron chi connectivity index (χ2n) is 3.66. The number of aldehydes is 1. The smallest absolute Gasteiger partial charge is 0.193 e. The van der Waals surface area contributed by atoms with Gasteiger partial charge in [-0.15, -0.1) is 0 Å². The maximum atomic E-state index is 12.1. The number of rotatable bonds is 2. The summed E-state index contributed by atoms with van der Waals surface area (Å²) in [6.07, 6.45) is 0.545. The molecule has 86 valence electrons. The number of carbonyl (C=O) groups excluding carboxylic acids is 2. The van der Waals surface area contributed by atoms with Gasteiger partial charge < -0.3 is 0 Å². The summed E-state index contributed by atoms with van der Waals surface area (Å²) < 4.78 is 0. The van der Waals surface area contributed by atoms with E-state index in [-0.39, 0.29) is 5.78 Å². The van der Waals surface area contributed by atoms with Gasteiger partial charge in [-0.3, -0.25) is 9.59 Å². The molecule has 0 atom stereocenters. The van der Waals surface area contributed by atoms with Crippen molar-refractivity contribution < 1.29 is 9.59 Å². The summed E-state index contributed by atoms with van der Waals surface area (Å²) >= 11 is 0. The van der Waals surface area contributed by atoms with E-state index in [2.05, 4.69) is 11.8 Å². The molecule has 0 amide bonds. The molecule has 0 spiro atoms. The summed E-state index contributed by atoms with van der Waals surface area (Å²) in [5.41, 5.74) is 1.98. The Morgan fingerprint density at radius 1 is 0.889 bits per heavy atom. The highest BCUT2D eigenvalue weighted by molar-refractivity contribution is 6.08. The molecule has 0 aliphatic heterocycles. The zero-order valence-electron chi connectivity index (χ0n) is 9.59. The molecule has 2 heteroatoms. The minimum absolute atomic E-state index is 0.0227. The van der Waals surface area contributed by atoms with Gasteiger partial charge >= 0.3 is 0 Å². The van der Waals surface area contributed by atoms with Crippen molar-refractivity contribution in [3.63, 3.8) is 0 Å². The monoisotopic (exact) mass is 234 g/mol. The van der Waals surface area contributed by atoms with Crippen molar-refractivity contribution in [2.24, 2.45) is 0 Å². The maximum Gasteiger partial charge on any atom is 0.193 e. The molecule has 0 heterocycles. The van der Waals surface area contributed by atoms with Crippen LogP contribution in [0.4, 0.5) is 0 Å². The van der Waals surface area contributed by atoms with Crippen molar-refractivity contribution in [1.82, 2.24) is 0 Å². The predicted molar refractivity (Wildman–Crippen MR) is 69.3 cm³/mol. The lowest BCUT2D eigenvalue weighted by Crippen LogP contribution is -2.00. The summed E-state index contributed by atoms with van der Waals surface area (Å²) in [6.45, 7) is 0. The van der Waals surface area contributed by atoms with Crippen molar-refractivity contribution in [3.8, 4) is 11.8 Å². The zero-order valence-corrected chi connectivity index (χ0v) is 9.59. The minimum Gasteiger partial charge on any atom is -0.289 e. The quantitative estimate of drug-likeness (QED) is 0.454. The molecule has 0 unspecified atom stereocenters. The Bertz CT molecular complexity index is 614. The van der Waals surface area contributed by atoms with E-state index in [1.54, 1.807) is 36.4 Å². The van der Waals surface area contributed by atoms with Gasteiger partial charge in [0.05, 0.1) is 0 Å². The van der Waals surface area contributed by atoms with Crippen LogP contribution in [0.15, 0.2) is 54.6 Å². The Kier molecular flexibility index (Phi) is 3.68. The van der Waals surface area contributed by atoms with E-state index in [9.17, 15) is 9.59 Å². The Labute approximate surface area is 105 Å². The van der Waals surface area contributed by atoms with Gasteiger partial charge in [-0.25, -0.2) is 0 Å². The minimum atomic E-state index is -0.0227. The molecule has 0 bridgehead atoms. The normalized spacial score (nSPS) is 9.11. The lowest BCUT2D eigenvalue weighted by molar-refractivity contribution is -0.103. The van der Waals surface area contributed by atoms with Gasteiger partial charge in [0.15, 0.2) is 12.1 Å². The average molecular weight is 234 g/mol. The van der Waals surface area contributed by atoms with Gasteiger partial charge in [0.1, 0.15) is 0 Å². The second kappa shape index (κ2) is 5.60. The highest BCUT2D eigenvalue weighted by atomic mass is 16.1. The summed E-state index contributed by atoms with van der Waals surface area (Å²) in [5, 5.41) is 0. The Morgan fingerprint density at radius 3 is 2.11 bits per heavy atom. The van der Waals surface area contributed by atoms with E-state index in [1.165, 1.54) is 0 Å². The number of hydrogen-bond acceptors (Lipinski definition) is 2. The third-order valence-corrected chi connectivity index (χ3v) is 2.46. The lowest BCUT2D eigenvalue weighted by atomic mass is 10.0. The van der Waals surface area contributed by atoms with Crippen molar-refractivity contribution >= 4 is 12.1 Å². The van der Waals surface area contributed by atoms with Gasteiger partial charge in [-0.1, -0.05) is 36.3 Å². The molecule has 0 N–H and O–H groups in total. The lowest BCUT2D eigenvalue weighted by Gasteiger charge is -2.00. The zero-order chi connectivity index (χ0) is 12.8. The fourth-order valence-corrected chi connectivity index (χ4v) is 1.57. The van der Waals surface area contributed by atoms with Gasteiger partial charge in [0, 0.05) is 16.7 Å². The molecule has 0 saturated heterocycles. The summed E-state index contributed by atoms with van der Waals surface area (Å²) in [6, 6.07) is 16.0. The molecule has 0 aliphatic rings. The van der Waals surface area contributed by atoms with Crippen LogP contribution in [0.2, 0.25) is 0 Å². The number of carbonyl (C=O) groups is 2. The largest absolute Gasteiger partial charge is 0.289 e. The first kappa shape index (κ1) is 11.8. The molecule has 0 saturated carbocycles. The van der Waals surface area contributed by atoms with E-state index in [0.717, 1.165) is 0 Å². The summed E-state index contributed by atoms with van der Waals surface area (Å²) in [5.74, 6) is 4.98. The number of ketones is 1. The van der Waals surface area contributed by atoms with Crippen LogP contribution in [-0.2, 0) is 4.79 Å². The third-order valence-electron chi connectivity index (χ3n) is 2.46. The predicted octanol–water partition coefficient (Wildman–Crippen LogP) is 2.47. The molecule has 2 nitrogen and oxygen atoms in total. The fourth-order valence-electron chi connectivity index (χ4n) is 1.57. The maximum absolute atomic E-state index is 12.1. The van der Waals surface area contributed by atoms with E-state index in [4.69, 9.17) is 0 Å². The molecule has 18 heavy (non-hydrogen) atoms. The Morgan fingerprint density at radius 2 is 1.50 bits per heavy atom. The first-order chi connectivity index (χ1) is 8.81. The van der Waals surface area contributed by atoms with Crippen LogP contribution in [0.1, 0.15) is 21.5 Å². The highest BCUT2D eigenvalue weighted by Gasteiger charge is 2.07. The molecule has 0 radical (unpaired) electrons. The SMILES string of the molecule is O=CC#Cc1ccc(C(=O)c2ccccc2)cc1. The van der Waals surface area contributed by atoms with Crippen LogP contribution in [0.3, 0.4) is 0 Å². The molecule has 0 aliphatic carbocycles. The van der Waals surface area contributed by atoms with Crippen molar-refractivity contribution in [2.75, 3.05) is 0 Å². The van der Waals surface area contributed by atoms with Crippen LogP contribution >= 0.6 is 0 Å². The Hall–Kier alpha value is -2.66. The standard InChI is InChI=1S/C16H10O2/c17-12-4-5-13-8-10-15(11-9-13)16(18)14-6-2-1-3-7-14/h1-3,6-12H. The molecule has 0 aromatic heterocycles.